The van der Waals surface area contributed by atoms with E-state index in [1.165, 1.54) is 4.90 Å². The number of alkyl halides is 3. The molecule has 0 bridgehead atoms. The van der Waals surface area contributed by atoms with Crippen LogP contribution in [0.2, 0.25) is 0 Å². The Morgan fingerprint density at radius 3 is 2.21 bits per heavy atom. The largest absolute Gasteiger partial charge is 0.416 e. The number of aryl methyl sites for hydroxylation is 1. The van der Waals surface area contributed by atoms with Gasteiger partial charge in [0.1, 0.15) is 0 Å². The van der Waals surface area contributed by atoms with Crippen molar-refractivity contribution in [1.82, 2.24) is 14.7 Å². The van der Waals surface area contributed by atoms with Crippen molar-refractivity contribution in [1.29, 1.82) is 0 Å². The summed E-state index contributed by atoms with van der Waals surface area (Å²) in [5, 5.41) is 0. The van der Waals surface area contributed by atoms with Gasteiger partial charge in [0.2, 0.25) is 17.7 Å². The third kappa shape index (κ3) is 6.81. The van der Waals surface area contributed by atoms with Crippen molar-refractivity contribution in [2.75, 3.05) is 33.2 Å². The fourth-order valence-corrected chi connectivity index (χ4v) is 5.94. The normalized spacial score (nSPS) is 20.6. The van der Waals surface area contributed by atoms with Crippen molar-refractivity contribution >= 4 is 17.7 Å². The number of hydrogen-bond acceptors (Lipinski definition) is 3. The van der Waals surface area contributed by atoms with E-state index < -0.39 is 17.7 Å². The average molecular weight is 544 g/mol. The van der Waals surface area contributed by atoms with Crippen molar-refractivity contribution in [3.63, 3.8) is 0 Å². The van der Waals surface area contributed by atoms with Crippen LogP contribution in [0.5, 0.6) is 0 Å². The van der Waals surface area contributed by atoms with Crippen LogP contribution >= 0.6 is 0 Å². The van der Waals surface area contributed by atoms with Crippen molar-refractivity contribution in [3.8, 4) is 0 Å². The molecule has 2 atom stereocenters. The van der Waals surface area contributed by atoms with E-state index in [1.54, 1.807) is 31.9 Å². The molecule has 0 saturated carbocycles. The van der Waals surface area contributed by atoms with Crippen LogP contribution in [0.15, 0.2) is 48.5 Å². The minimum Gasteiger partial charge on any atom is -0.343 e. The molecule has 210 valence electrons. The molecule has 6 nitrogen and oxygen atoms in total. The molecule has 39 heavy (non-hydrogen) atoms. The Morgan fingerprint density at radius 1 is 0.949 bits per heavy atom. The van der Waals surface area contributed by atoms with Gasteiger partial charge in [0.25, 0.3) is 0 Å². The topological polar surface area (TPSA) is 60.9 Å². The molecule has 0 spiro atoms. The second-order valence-electron chi connectivity index (χ2n) is 10.9. The van der Waals surface area contributed by atoms with Crippen molar-refractivity contribution in [3.05, 3.63) is 70.8 Å². The standard InChI is InChI=1S/C30H36F3N3O3/c1-20-15-22(17-25(16-20)30(31,32)33)18-34(3)29(39)26-11-14-36(19-27(26)23-7-5-4-6-8-23)28(38)24-9-12-35(13-10-24)21(2)37/h4-8,15-17,24,26-27H,9-14,18-19H2,1-3H3. The highest BCUT2D eigenvalue weighted by Gasteiger charge is 2.40. The number of halogens is 3. The SMILES string of the molecule is CC(=O)N1CCC(C(=O)N2CCC(C(=O)N(C)Cc3cc(C)cc(C(F)(F)F)c3)C(c3ccccc3)C2)CC1. The number of hydrogen-bond donors (Lipinski definition) is 0. The molecule has 2 saturated heterocycles. The van der Waals surface area contributed by atoms with Crippen molar-refractivity contribution < 1.29 is 27.6 Å². The molecule has 4 rings (SSSR count). The Hall–Kier alpha value is -3.36. The summed E-state index contributed by atoms with van der Waals surface area (Å²) in [5.41, 5.74) is 1.16. The molecule has 2 aliphatic heterocycles. The summed E-state index contributed by atoms with van der Waals surface area (Å²) in [4.78, 5) is 43.9. The smallest absolute Gasteiger partial charge is 0.343 e. The summed E-state index contributed by atoms with van der Waals surface area (Å²) in [5.74, 6) is -0.809. The van der Waals surface area contributed by atoms with Crippen LogP contribution in [-0.2, 0) is 27.1 Å². The van der Waals surface area contributed by atoms with Crippen LogP contribution < -0.4 is 0 Å². The lowest BCUT2D eigenvalue weighted by Crippen LogP contribution is -2.50. The van der Waals surface area contributed by atoms with Gasteiger partial charge in [0.15, 0.2) is 0 Å². The molecule has 0 aromatic heterocycles. The highest BCUT2D eigenvalue weighted by Crippen LogP contribution is 2.36. The molecular weight excluding hydrogens is 507 g/mol. The first-order chi connectivity index (χ1) is 18.4. The number of nitrogens with zero attached hydrogens (tertiary/aromatic N) is 3. The zero-order valence-electron chi connectivity index (χ0n) is 22.7. The van der Waals surface area contributed by atoms with Crippen LogP contribution in [0.1, 0.15) is 54.4 Å². The van der Waals surface area contributed by atoms with E-state index in [0.717, 1.165) is 17.7 Å². The predicted octanol–water partition coefficient (Wildman–Crippen LogP) is 4.86. The minimum absolute atomic E-state index is 0.0220. The van der Waals surface area contributed by atoms with Gasteiger partial charge in [0.05, 0.1) is 5.56 Å². The summed E-state index contributed by atoms with van der Waals surface area (Å²) in [6.45, 7) is 5.22. The average Bonchev–Trinajstić information content (AvgIpc) is 2.91. The fraction of sp³-hybridized carbons (Fsp3) is 0.500. The van der Waals surface area contributed by atoms with Crippen LogP contribution in [0.3, 0.4) is 0 Å². The molecule has 2 fully saturated rings. The van der Waals surface area contributed by atoms with Gasteiger partial charge in [0, 0.05) is 64.4 Å². The molecule has 0 N–H and O–H groups in total. The van der Waals surface area contributed by atoms with Gasteiger partial charge in [-0.1, -0.05) is 42.0 Å². The maximum atomic E-state index is 13.7. The molecule has 2 aromatic rings. The zero-order valence-corrected chi connectivity index (χ0v) is 22.7. The lowest BCUT2D eigenvalue weighted by molar-refractivity contribution is -0.145. The van der Waals surface area contributed by atoms with Crippen LogP contribution in [0.25, 0.3) is 0 Å². The quantitative estimate of drug-likeness (QED) is 0.541. The summed E-state index contributed by atoms with van der Waals surface area (Å²) >= 11 is 0. The Morgan fingerprint density at radius 2 is 1.59 bits per heavy atom. The first kappa shape index (κ1) is 28.6. The summed E-state index contributed by atoms with van der Waals surface area (Å²) in [7, 11) is 1.63. The third-order valence-corrected chi connectivity index (χ3v) is 8.02. The van der Waals surface area contributed by atoms with Crippen LogP contribution in [0.4, 0.5) is 13.2 Å². The number of piperidine rings is 2. The number of likely N-dealkylation sites (tertiary alicyclic amines) is 2. The molecule has 2 unspecified atom stereocenters. The van der Waals surface area contributed by atoms with Gasteiger partial charge in [-0.3, -0.25) is 14.4 Å². The second kappa shape index (κ2) is 11.8. The zero-order chi connectivity index (χ0) is 28.3. The number of carbonyl (C=O) groups excluding carboxylic acids is 3. The third-order valence-electron chi connectivity index (χ3n) is 8.02. The van der Waals surface area contributed by atoms with Crippen LogP contribution in [0, 0.1) is 18.8 Å². The van der Waals surface area contributed by atoms with Gasteiger partial charge in [-0.25, -0.2) is 0 Å². The summed E-state index contributed by atoms with van der Waals surface area (Å²) in [6, 6.07) is 13.5. The molecule has 3 amide bonds. The molecule has 2 heterocycles. The van der Waals surface area contributed by atoms with Gasteiger partial charge in [-0.2, -0.15) is 13.2 Å². The number of carbonyl (C=O) groups is 3. The van der Waals surface area contributed by atoms with E-state index in [2.05, 4.69) is 0 Å². The predicted molar refractivity (Wildman–Crippen MR) is 142 cm³/mol. The maximum Gasteiger partial charge on any atom is 0.416 e. The molecule has 0 radical (unpaired) electrons. The number of benzene rings is 2. The van der Waals surface area contributed by atoms with Gasteiger partial charge < -0.3 is 14.7 Å². The molecule has 9 heteroatoms. The molecule has 2 aromatic carbocycles. The highest BCUT2D eigenvalue weighted by atomic mass is 19.4. The minimum atomic E-state index is -4.45. The highest BCUT2D eigenvalue weighted by molar-refractivity contribution is 5.82. The number of rotatable bonds is 5. The number of amides is 3. The van der Waals surface area contributed by atoms with E-state index >= 15 is 0 Å². The Balaban J connectivity index is 1.49. The fourth-order valence-electron chi connectivity index (χ4n) is 5.94. The van der Waals surface area contributed by atoms with Gasteiger partial charge in [-0.15, -0.1) is 0 Å². The van der Waals surface area contributed by atoms with E-state index in [-0.39, 0.29) is 36.1 Å². The first-order valence-electron chi connectivity index (χ1n) is 13.5. The van der Waals surface area contributed by atoms with Crippen molar-refractivity contribution in [2.24, 2.45) is 11.8 Å². The van der Waals surface area contributed by atoms with Crippen LogP contribution in [-0.4, -0.2) is 65.6 Å². The van der Waals surface area contributed by atoms with Crippen molar-refractivity contribution in [2.45, 2.75) is 51.7 Å². The van der Waals surface area contributed by atoms with E-state index in [4.69, 9.17) is 0 Å². The molecule has 0 aliphatic carbocycles. The summed E-state index contributed by atoms with van der Waals surface area (Å²) < 4.78 is 40.0. The van der Waals surface area contributed by atoms with E-state index in [1.807, 2.05) is 35.2 Å². The lowest BCUT2D eigenvalue weighted by Gasteiger charge is -2.41. The Kier molecular flexibility index (Phi) is 8.67. The molecule has 2 aliphatic rings. The Bertz CT molecular complexity index is 1190. The summed E-state index contributed by atoms with van der Waals surface area (Å²) in [6.07, 6.45) is -2.72. The Labute approximate surface area is 227 Å². The maximum absolute atomic E-state index is 13.7. The first-order valence-corrected chi connectivity index (χ1v) is 13.5. The molecular formula is C30H36F3N3O3. The van der Waals surface area contributed by atoms with E-state index in [9.17, 15) is 27.6 Å². The second-order valence-corrected chi connectivity index (χ2v) is 10.9. The lowest BCUT2D eigenvalue weighted by atomic mass is 9.79. The van der Waals surface area contributed by atoms with E-state index in [0.29, 0.717) is 56.6 Å². The monoisotopic (exact) mass is 543 g/mol. The van der Waals surface area contributed by atoms with Gasteiger partial charge >= 0.3 is 6.18 Å². The van der Waals surface area contributed by atoms with Gasteiger partial charge in [-0.05, 0) is 49.4 Å².